The molecule has 0 fully saturated rings. The molecule has 1 aliphatic rings. The molecule has 4 rings (SSSR count). The van der Waals surface area contributed by atoms with Gasteiger partial charge in [-0.05, 0) is 58.5 Å². The minimum Gasteiger partial charge on any atom is -0.497 e. The molecule has 0 saturated heterocycles. The zero-order chi connectivity index (χ0) is 19.5. The molecule has 3 aromatic carbocycles. The van der Waals surface area contributed by atoms with Crippen molar-refractivity contribution in [2.24, 2.45) is 0 Å². The monoisotopic (exact) mass is 374 g/mol. The van der Waals surface area contributed by atoms with Crippen LogP contribution in [0.25, 0.3) is 11.1 Å². The molecule has 0 atom stereocenters. The summed E-state index contributed by atoms with van der Waals surface area (Å²) in [6.07, 6.45) is 0.895. The standard InChI is InChI=1S/C23H22N2O3/c1-27-19-9-15(10-20(13-19)28-2)14-24-23(26)25-18-7-8-22-17(12-18)11-16-5-3-4-6-21(16)22/h3-10,12-13H,11,14H2,1-2H3,(H2,24,25,26). The Kier molecular flexibility index (Phi) is 4.89. The predicted octanol–water partition coefficient (Wildman–Crippen LogP) is 4.60. The lowest BCUT2D eigenvalue weighted by atomic mass is 10.1. The molecule has 0 unspecified atom stereocenters. The highest BCUT2D eigenvalue weighted by Crippen LogP contribution is 2.37. The van der Waals surface area contributed by atoms with Gasteiger partial charge in [-0.25, -0.2) is 4.79 Å². The highest BCUT2D eigenvalue weighted by atomic mass is 16.5. The van der Waals surface area contributed by atoms with Crippen molar-refractivity contribution in [1.29, 1.82) is 0 Å². The SMILES string of the molecule is COc1cc(CNC(=O)Nc2ccc3c(c2)Cc2ccccc2-3)cc(OC)c1. The molecule has 0 spiro atoms. The van der Waals surface area contributed by atoms with E-state index in [1.54, 1.807) is 20.3 Å². The van der Waals surface area contributed by atoms with Gasteiger partial charge in [-0.3, -0.25) is 0 Å². The average molecular weight is 374 g/mol. The molecule has 28 heavy (non-hydrogen) atoms. The van der Waals surface area contributed by atoms with Gasteiger partial charge in [-0.2, -0.15) is 0 Å². The third-order valence-electron chi connectivity index (χ3n) is 4.92. The number of fused-ring (bicyclic) bond motifs is 3. The zero-order valence-corrected chi connectivity index (χ0v) is 15.9. The van der Waals surface area contributed by atoms with Crippen molar-refractivity contribution in [2.45, 2.75) is 13.0 Å². The van der Waals surface area contributed by atoms with Crippen molar-refractivity contribution < 1.29 is 14.3 Å². The van der Waals surface area contributed by atoms with Gasteiger partial charge < -0.3 is 20.1 Å². The van der Waals surface area contributed by atoms with Gasteiger partial charge in [-0.15, -0.1) is 0 Å². The Hall–Kier alpha value is -3.47. The van der Waals surface area contributed by atoms with E-state index in [4.69, 9.17) is 9.47 Å². The van der Waals surface area contributed by atoms with Crippen LogP contribution in [0.5, 0.6) is 11.5 Å². The summed E-state index contributed by atoms with van der Waals surface area (Å²) in [6.45, 7) is 0.371. The topological polar surface area (TPSA) is 59.6 Å². The number of benzene rings is 3. The molecule has 0 aliphatic heterocycles. The van der Waals surface area contributed by atoms with Crippen LogP contribution < -0.4 is 20.1 Å². The fourth-order valence-electron chi connectivity index (χ4n) is 3.55. The fourth-order valence-corrected chi connectivity index (χ4v) is 3.55. The lowest BCUT2D eigenvalue weighted by Crippen LogP contribution is -2.28. The number of ether oxygens (including phenoxy) is 2. The number of carbonyl (C=O) groups excluding carboxylic acids is 1. The number of amides is 2. The van der Waals surface area contributed by atoms with Crippen molar-refractivity contribution in [3.05, 3.63) is 77.4 Å². The van der Waals surface area contributed by atoms with E-state index in [2.05, 4.69) is 41.0 Å². The molecule has 142 valence electrons. The van der Waals surface area contributed by atoms with Crippen molar-refractivity contribution >= 4 is 11.7 Å². The van der Waals surface area contributed by atoms with Crippen LogP contribution >= 0.6 is 0 Å². The van der Waals surface area contributed by atoms with Gasteiger partial charge in [0.1, 0.15) is 11.5 Å². The molecule has 2 amide bonds. The van der Waals surface area contributed by atoms with E-state index in [9.17, 15) is 4.79 Å². The molecule has 0 radical (unpaired) electrons. The van der Waals surface area contributed by atoms with E-state index in [0.29, 0.717) is 18.0 Å². The summed E-state index contributed by atoms with van der Waals surface area (Å²) in [7, 11) is 3.20. The van der Waals surface area contributed by atoms with E-state index < -0.39 is 0 Å². The third-order valence-corrected chi connectivity index (χ3v) is 4.92. The molecular weight excluding hydrogens is 352 g/mol. The van der Waals surface area contributed by atoms with E-state index in [1.165, 1.54) is 22.3 Å². The summed E-state index contributed by atoms with van der Waals surface area (Å²) in [5.41, 5.74) is 6.76. The number of urea groups is 1. The Bertz CT molecular complexity index is 1010. The van der Waals surface area contributed by atoms with Crippen LogP contribution in [0, 0.1) is 0 Å². The van der Waals surface area contributed by atoms with Crippen LogP contribution in [-0.4, -0.2) is 20.3 Å². The second-order valence-corrected chi connectivity index (χ2v) is 6.73. The summed E-state index contributed by atoms with van der Waals surface area (Å²) < 4.78 is 10.5. The smallest absolute Gasteiger partial charge is 0.319 e. The normalized spacial score (nSPS) is 11.4. The van der Waals surface area contributed by atoms with Crippen LogP contribution in [0.15, 0.2) is 60.7 Å². The number of nitrogens with one attached hydrogen (secondary N) is 2. The summed E-state index contributed by atoms with van der Waals surface area (Å²) in [5, 5.41) is 5.79. The third kappa shape index (κ3) is 3.64. The Morgan fingerprint density at radius 2 is 1.61 bits per heavy atom. The lowest BCUT2D eigenvalue weighted by molar-refractivity contribution is 0.251. The zero-order valence-electron chi connectivity index (χ0n) is 15.9. The number of carbonyl (C=O) groups is 1. The molecule has 3 aromatic rings. The van der Waals surface area contributed by atoms with Gasteiger partial charge in [0.25, 0.3) is 0 Å². The molecule has 2 N–H and O–H groups in total. The van der Waals surface area contributed by atoms with E-state index in [-0.39, 0.29) is 6.03 Å². The van der Waals surface area contributed by atoms with Crippen LogP contribution in [0.3, 0.4) is 0 Å². The molecule has 5 nitrogen and oxygen atoms in total. The fraction of sp³-hybridized carbons (Fsp3) is 0.174. The van der Waals surface area contributed by atoms with E-state index >= 15 is 0 Å². The lowest BCUT2D eigenvalue weighted by Gasteiger charge is -2.11. The first-order valence-corrected chi connectivity index (χ1v) is 9.14. The Morgan fingerprint density at radius 3 is 2.36 bits per heavy atom. The molecule has 0 heterocycles. The first-order chi connectivity index (χ1) is 13.7. The highest BCUT2D eigenvalue weighted by molar-refractivity contribution is 5.90. The van der Waals surface area contributed by atoms with Gasteiger partial charge >= 0.3 is 6.03 Å². The first-order valence-electron chi connectivity index (χ1n) is 9.14. The minimum absolute atomic E-state index is 0.253. The van der Waals surface area contributed by atoms with E-state index in [0.717, 1.165) is 17.7 Å². The van der Waals surface area contributed by atoms with Gasteiger partial charge in [-0.1, -0.05) is 30.3 Å². The largest absolute Gasteiger partial charge is 0.497 e. The van der Waals surface area contributed by atoms with Crippen molar-refractivity contribution in [2.75, 3.05) is 19.5 Å². The summed E-state index contributed by atoms with van der Waals surface area (Å²) in [5.74, 6) is 1.38. The van der Waals surface area contributed by atoms with Gasteiger partial charge in [0.05, 0.1) is 14.2 Å². The van der Waals surface area contributed by atoms with Crippen LogP contribution in [0.2, 0.25) is 0 Å². The maximum atomic E-state index is 12.3. The molecule has 1 aliphatic carbocycles. The molecule has 5 heteroatoms. The Labute approximate surface area is 164 Å². The highest BCUT2D eigenvalue weighted by Gasteiger charge is 2.18. The number of hydrogen-bond donors (Lipinski definition) is 2. The Balaban J connectivity index is 1.41. The molecule has 0 bridgehead atoms. The average Bonchev–Trinajstić information content (AvgIpc) is 3.09. The maximum absolute atomic E-state index is 12.3. The number of methoxy groups -OCH3 is 2. The summed E-state index contributed by atoms with van der Waals surface area (Å²) >= 11 is 0. The number of anilines is 1. The minimum atomic E-state index is -0.253. The Morgan fingerprint density at radius 1 is 0.893 bits per heavy atom. The van der Waals surface area contributed by atoms with Crippen molar-refractivity contribution in [3.8, 4) is 22.6 Å². The van der Waals surface area contributed by atoms with Crippen molar-refractivity contribution in [3.63, 3.8) is 0 Å². The number of hydrogen-bond acceptors (Lipinski definition) is 3. The van der Waals surface area contributed by atoms with Gasteiger partial charge in [0.15, 0.2) is 0 Å². The van der Waals surface area contributed by atoms with Crippen LogP contribution in [0.4, 0.5) is 10.5 Å². The summed E-state index contributed by atoms with van der Waals surface area (Å²) in [6, 6.07) is 19.8. The van der Waals surface area contributed by atoms with Crippen molar-refractivity contribution in [1.82, 2.24) is 5.32 Å². The maximum Gasteiger partial charge on any atom is 0.319 e. The quantitative estimate of drug-likeness (QED) is 0.537. The van der Waals surface area contributed by atoms with Crippen LogP contribution in [0.1, 0.15) is 16.7 Å². The van der Waals surface area contributed by atoms with Gasteiger partial charge in [0, 0.05) is 18.3 Å². The summed E-state index contributed by atoms with van der Waals surface area (Å²) in [4.78, 5) is 12.3. The molecule has 0 saturated carbocycles. The van der Waals surface area contributed by atoms with Crippen LogP contribution in [-0.2, 0) is 13.0 Å². The van der Waals surface area contributed by atoms with Gasteiger partial charge in [0.2, 0.25) is 0 Å². The number of rotatable bonds is 5. The second kappa shape index (κ2) is 7.64. The molecule has 0 aromatic heterocycles. The first kappa shape index (κ1) is 17.9. The van der Waals surface area contributed by atoms with E-state index in [1.807, 2.05) is 24.3 Å². The molecular formula is C23H22N2O3. The second-order valence-electron chi connectivity index (χ2n) is 6.73. The predicted molar refractivity (Wildman–Crippen MR) is 110 cm³/mol.